The van der Waals surface area contributed by atoms with Crippen molar-refractivity contribution in [1.82, 2.24) is 9.97 Å². The van der Waals surface area contributed by atoms with Crippen LogP contribution in [0.15, 0.2) is 23.7 Å². The summed E-state index contributed by atoms with van der Waals surface area (Å²) in [6, 6.07) is 2.89. The third kappa shape index (κ3) is 2.63. The van der Waals surface area contributed by atoms with Crippen molar-refractivity contribution in [3.63, 3.8) is 0 Å². The van der Waals surface area contributed by atoms with E-state index in [2.05, 4.69) is 15.3 Å². The van der Waals surface area contributed by atoms with E-state index in [1.54, 1.807) is 11.3 Å². The molecule has 1 aliphatic carbocycles. The van der Waals surface area contributed by atoms with Crippen LogP contribution in [0.5, 0.6) is 0 Å². The number of aromatic nitrogens is 2. The Bertz CT molecular complexity index is 609. The number of anilines is 1. The highest BCUT2D eigenvalue weighted by Crippen LogP contribution is 2.35. The monoisotopic (exact) mass is 299 g/mol. The lowest BCUT2D eigenvalue weighted by atomic mass is 9.94. The first-order chi connectivity index (χ1) is 9.54. The molecule has 106 valence electrons. The highest BCUT2D eigenvalue weighted by Gasteiger charge is 2.33. The van der Waals surface area contributed by atoms with Gasteiger partial charge in [-0.1, -0.05) is 0 Å². The lowest BCUT2D eigenvalue weighted by molar-refractivity contribution is -0.141. The van der Waals surface area contributed by atoms with E-state index in [1.165, 1.54) is 4.88 Å². The molecular weight excluding hydrogens is 287 g/mol. The number of hydrogen-bond donors (Lipinski definition) is 1. The number of nitrogens with zero attached hydrogens (tertiary/aromatic N) is 2. The van der Waals surface area contributed by atoms with Crippen molar-refractivity contribution in [1.29, 1.82) is 0 Å². The zero-order chi connectivity index (χ0) is 14.2. The lowest BCUT2D eigenvalue weighted by Gasteiger charge is -2.23. The second-order valence-electron chi connectivity index (χ2n) is 4.65. The Kier molecular flexibility index (Phi) is 3.37. The molecule has 1 atom stereocenters. The largest absolute Gasteiger partial charge is 0.433 e. The summed E-state index contributed by atoms with van der Waals surface area (Å²) in [6.07, 6.45) is -0.378. The summed E-state index contributed by atoms with van der Waals surface area (Å²) in [5.41, 5.74) is 0.235. The molecule has 3 nitrogen and oxygen atoms in total. The molecule has 0 amide bonds. The molecule has 0 aliphatic heterocycles. The van der Waals surface area contributed by atoms with Gasteiger partial charge in [0.05, 0.1) is 6.04 Å². The van der Waals surface area contributed by atoms with Crippen LogP contribution in [0, 0.1) is 0 Å². The molecule has 2 aromatic rings. The van der Waals surface area contributed by atoms with E-state index in [4.69, 9.17) is 0 Å². The van der Waals surface area contributed by atoms with Crippen molar-refractivity contribution in [3.8, 4) is 0 Å². The van der Waals surface area contributed by atoms with E-state index in [-0.39, 0.29) is 12.0 Å². The van der Waals surface area contributed by atoms with Gasteiger partial charge in [-0.3, -0.25) is 0 Å². The zero-order valence-corrected chi connectivity index (χ0v) is 11.3. The molecule has 0 fully saturated rings. The van der Waals surface area contributed by atoms with Crippen LogP contribution in [0.4, 0.5) is 19.1 Å². The maximum Gasteiger partial charge on any atom is 0.433 e. The number of alkyl halides is 3. The molecular formula is C13H12F3N3S. The van der Waals surface area contributed by atoms with Crippen molar-refractivity contribution in [2.45, 2.75) is 31.5 Å². The first-order valence-electron chi connectivity index (χ1n) is 6.27. The first kappa shape index (κ1) is 13.4. The summed E-state index contributed by atoms with van der Waals surface area (Å²) in [5, 5.41) is 5.03. The van der Waals surface area contributed by atoms with E-state index >= 15 is 0 Å². The summed E-state index contributed by atoms with van der Waals surface area (Å²) in [5.74, 6) is 0.0314. The van der Waals surface area contributed by atoms with Crippen LogP contribution >= 0.6 is 11.3 Å². The molecule has 0 radical (unpaired) electrons. The second kappa shape index (κ2) is 5.05. The van der Waals surface area contributed by atoms with E-state index in [9.17, 15) is 13.2 Å². The number of halogens is 3. The SMILES string of the molecule is FC(F)(F)c1ccnc(NC2CCCc3sccc32)n1. The molecule has 0 aromatic carbocycles. The summed E-state index contributed by atoms with van der Waals surface area (Å²) < 4.78 is 37.9. The average molecular weight is 299 g/mol. The summed E-state index contributed by atoms with van der Waals surface area (Å²) in [7, 11) is 0. The minimum atomic E-state index is -4.44. The molecule has 1 N–H and O–H groups in total. The Morgan fingerprint density at radius 3 is 2.95 bits per heavy atom. The molecule has 2 heterocycles. The minimum Gasteiger partial charge on any atom is -0.347 e. The van der Waals surface area contributed by atoms with Gasteiger partial charge in [0.15, 0.2) is 0 Å². The molecule has 1 aliphatic rings. The number of fused-ring (bicyclic) bond motifs is 1. The third-order valence-corrected chi connectivity index (χ3v) is 4.30. The van der Waals surface area contributed by atoms with Gasteiger partial charge in [-0.2, -0.15) is 13.2 Å². The molecule has 3 rings (SSSR count). The smallest absolute Gasteiger partial charge is 0.347 e. The molecule has 0 bridgehead atoms. The van der Waals surface area contributed by atoms with Crippen molar-refractivity contribution in [2.24, 2.45) is 0 Å². The predicted octanol–water partition coefficient (Wildman–Crippen LogP) is 4.05. The second-order valence-corrected chi connectivity index (χ2v) is 5.65. The summed E-state index contributed by atoms with van der Waals surface area (Å²) in [6.45, 7) is 0. The fourth-order valence-corrected chi connectivity index (χ4v) is 3.37. The van der Waals surface area contributed by atoms with Crippen molar-refractivity contribution in [2.75, 3.05) is 5.32 Å². The van der Waals surface area contributed by atoms with Crippen molar-refractivity contribution in [3.05, 3.63) is 39.8 Å². The summed E-state index contributed by atoms with van der Waals surface area (Å²) >= 11 is 1.69. The fraction of sp³-hybridized carbons (Fsp3) is 0.385. The van der Waals surface area contributed by atoms with Crippen LogP contribution in [0.3, 0.4) is 0 Å². The number of rotatable bonds is 2. The maximum absolute atomic E-state index is 12.6. The number of hydrogen-bond acceptors (Lipinski definition) is 4. The topological polar surface area (TPSA) is 37.8 Å². The van der Waals surface area contributed by atoms with E-state index in [1.807, 2.05) is 11.4 Å². The molecule has 0 saturated carbocycles. The molecule has 20 heavy (non-hydrogen) atoms. The zero-order valence-electron chi connectivity index (χ0n) is 10.4. The van der Waals surface area contributed by atoms with Crippen LogP contribution in [0.2, 0.25) is 0 Å². The highest BCUT2D eigenvalue weighted by molar-refractivity contribution is 7.10. The third-order valence-electron chi connectivity index (χ3n) is 3.30. The fourth-order valence-electron chi connectivity index (χ4n) is 2.38. The van der Waals surface area contributed by atoms with Gasteiger partial charge < -0.3 is 5.32 Å². The molecule has 7 heteroatoms. The van der Waals surface area contributed by atoms with Crippen LogP contribution in [0.1, 0.15) is 35.0 Å². The number of nitrogens with one attached hydrogen (secondary N) is 1. The van der Waals surface area contributed by atoms with Gasteiger partial charge in [-0.05, 0) is 42.3 Å². The van der Waals surface area contributed by atoms with Crippen LogP contribution < -0.4 is 5.32 Å². The molecule has 0 spiro atoms. The van der Waals surface area contributed by atoms with E-state index < -0.39 is 11.9 Å². The highest BCUT2D eigenvalue weighted by atomic mass is 32.1. The van der Waals surface area contributed by atoms with Gasteiger partial charge >= 0.3 is 6.18 Å². The van der Waals surface area contributed by atoms with Gasteiger partial charge in [0.25, 0.3) is 0 Å². The Morgan fingerprint density at radius 2 is 2.15 bits per heavy atom. The molecule has 0 saturated heterocycles. The Morgan fingerprint density at radius 1 is 1.30 bits per heavy atom. The van der Waals surface area contributed by atoms with Gasteiger partial charge in [-0.25, -0.2) is 9.97 Å². The van der Waals surface area contributed by atoms with Crippen LogP contribution in [0.25, 0.3) is 0 Å². The Labute approximate surface area is 117 Å². The van der Waals surface area contributed by atoms with Crippen LogP contribution in [-0.2, 0) is 12.6 Å². The predicted molar refractivity (Wildman–Crippen MR) is 70.7 cm³/mol. The summed E-state index contributed by atoms with van der Waals surface area (Å²) in [4.78, 5) is 8.73. The van der Waals surface area contributed by atoms with Gasteiger partial charge in [0, 0.05) is 11.1 Å². The van der Waals surface area contributed by atoms with Crippen LogP contribution in [-0.4, -0.2) is 9.97 Å². The first-order valence-corrected chi connectivity index (χ1v) is 7.15. The normalized spacial score (nSPS) is 18.6. The number of aryl methyl sites for hydroxylation is 1. The molecule has 2 aromatic heterocycles. The minimum absolute atomic E-state index is 0.00603. The van der Waals surface area contributed by atoms with E-state index in [0.29, 0.717) is 0 Å². The maximum atomic E-state index is 12.6. The van der Waals surface area contributed by atoms with Gasteiger partial charge in [-0.15, -0.1) is 11.3 Å². The number of thiophene rings is 1. The average Bonchev–Trinajstić information content (AvgIpc) is 2.87. The quantitative estimate of drug-likeness (QED) is 0.909. The van der Waals surface area contributed by atoms with Crippen molar-refractivity contribution < 1.29 is 13.2 Å². The van der Waals surface area contributed by atoms with Crippen molar-refractivity contribution >= 4 is 17.3 Å². The Balaban J connectivity index is 1.83. The van der Waals surface area contributed by atoms with Gasteiger partial charge in [0.2, 0.25) is 5.95 Å². The van der Waals surface area contributed by atoms with E-state index in [0.717, 1.165) is 37.1 Å². The Hall–Kier alpha value is -1.63. The van der Waals surface area contributed by atoms with Gasteiger partial charge in [0.1, 0.15) is 5.69 Å². The lowest BCUT2D eigenvalue weighted by Crippen LogP contribution is -2.18. The molecule has 1 unspecified atom stereocenters. The standard InChI is InChI=1S/C13H12F3N3S/c14-13(15,16)11-4-6-17-12(19-11)18-9-2-1-3-10-8(9)5-7-20-10/h4-7,9H,1-3H2,(H,17,18,19).